The van der Waals surface area contributed by atoms with E-state index in [1.54, 1.807) is 6.92 Å². The lowest BCUT2D eigenvalue weighted by Gasteiger charge is -2.37. The van der Waals surface area contributed by atoms with Crippen LogP contribution in [0.25, 0.3) is 16.6 Å². The third-order valence-electron chi connectivity index (χ3n) is 6.47. The van der Waals surface area contributed by atoms with E-state index in [0.717, 1.165) is 45.5 Å². The van der Waals surface area contributed by atoms with Crippen molar-refractivity contribution in [2.45, 2.75) is 38.1 Å². The average molecular weight is 464 g/mol. The maximum atomic E-state index is 10.4. The molecule has 33 heavy (non-hydrogen) atoms. The number of rotatable bonds is 4. The molecule has 0 amide bonds. The van der Waals surface area contributed by atoms with Crippen molar-refractivity contribution in [3.8, 4) is 17.9 Å². The summed E-state index contributed by atoms with van der Waals surface area (Å²) in [6.45, 7) is 7.13. The summed E-state index contributed by atoms with van der Waals surface area (Å²) in [5.41, 5.74) is 2.65. The number of nitrogens with zero attached hydrogens (tertiary/aromatic N) is 4. The molecule has 172 valence electrons. The Balaban J connectivity index is 2.05. The molecule has 0 spiro atoms. The van der Waals surface area contributed by atoms with Crippen molar-refractivity contribution in [3.05, 3.63) is 29.6 Å². The Bertz CT molecular complexity index is 1170. The topological polar surface area (TPSA) is 83.3 Å². The highest BCUT2D eigenvalue weighted by Gasteiger charge is 2.38. The van der Waals surface area contributed by atoms with Crippen LogP contribution < -0.4 is 15.5 Å². The van der Waals surface area contributed by atoms with Crippen LogP contribution >= 0.6 is 9.24 Å². The largest absolute Gasteiger partial charge is 0.386 e. The predicted molar refractivity (Wildman–Crippen MR) is 134 cm³/mol. The van der Waals surface area contributed by atoms with Crippen LogP contribution in [0.2, 0.25) is 0 Å². The maximum absolute atomic E-state index is 10.4. The molecular formula is C25H30N5O2P. The summed E-state index contributed by atoms with van der Waals surface area (Å²) >= 11 is 0. The summed E-state index contributed by atoms with van der Waals surface area (Å²) in [5, 5.41) is 15.5. The van der Waals surface area contributed by atoms with Crippen molar-refractivity contribution >= 4 is 37.0 Å². The first-order valence-corrected chi connectivity index (χ1v) is 11.9. The molecule has 7 nitrogen and oxygen atoms in total. The first-order valence-electron chi connectivity index (χ1n) is 11.3. The van der Waals surface area contributed by atoms with Crippen LogP contribution in [0.5, 0.6) is 0 Å². The second kappa shape index (κ2) is 10.1. The van der Waals surface area contributed by atoms with Crippen molar-refractivity contribution < 1.29 is 9.47 Å². The quantitative estimate of drug-likeness (QED) is 0.551. The number of pyridine rings is 2. The van der Waals surface area contributed by atoms with Crippen molar-refractivity contribution in [2.24, 2.45) is 0 Å². The van der Waals surface area contributed by atoms with Gasteiger partial charge < -0.3 is 19.7 Å². The van der Waals surface area contributed by atoms with E-state index in [-0.39, 0.29) is 6.04 Å². The van der Waals surface area contributed by atoms with Crippen LogP contribution in [0.4, 0.5) is 5.82 Å². The molecule has 0 aromatic carbocycles. The lowest BCUT2D eigenvalue weighted by atomic mass is 9.74. The molecule has 4 heterocycles. The Hall–Kier alpha value is -2.70. The second-order valence-corrected chi connectivity index (χ2v) is 9.06. The molecule has 8 heteroatoms. The zero-order chi connectivity index (χ0) is 23.4. The van der Waals surface area contributed by atoms with Crippen molar-refractivity contribution in [1.29, 1.82) is 5.26 Å². The highest BCUT2D eigenvalue weighted by Crippen LogP contribution is 2.40. The van der Waals surface area contributed by atoms with E-state index in [2.05, 4.69) is 50.4 Å². The Labute approximate surface area is 197 Å². The van der Waals surface area contributed by atoms with Gasteiger partial charge in [0.2, 0.25) is 0 Å². The summed E-state index contributed by atoms with van der Waals surface area (Å²) in [6, 6.07) is 4.96. The fourth-order valence-electron chi connectivity index (χ4n) is 4.61. The first-order chi connectivity index (χ1) is 16.0. The third-order valence-corrected chi connectivity index (χ3v) is 6.91. The number of aromatic nitrogens is 2. The van der Waals surface area contributed by atoms with Crippen LogP contribution in [0, 0.1) is 23.2 Å². The number of hydrogen-bond donors (Lipinski definition) is 1. The molecule has 2 saturated heterocycles. The molecule has 2 aliphatic rings. The van der Waals surface area contributed by atoms with E-state index < -0.39 is 5.41 Å². The molecule has 0 aliphatic carbocycles. The Morgan fingerprint density at radius 3 is 2.79 bits per heavy atom. The van der Waals surface area contributed by atoms with Crippen LogP contribution in [0.1, 0.15) is 37.9 Å². The summed E-state index contributed by atoms with van der Waals surface area (Å²) < 4.78 is 11.3. The van der Waals surface area contributed by atoms with Gasteiger partial charge in [-0.3, -0.25) is 4.98 Å². The number of allylic oxidation sites excluding steroid dienone is 1. The van der Waals surface area contributed by atoms with E-state index >= 15 is 0 Å². The Kier molecular flexibility index (Phi) is 7.15. The Morgan fingerprint density at radius 1 is 1.33 bits per heavy atom. The molecular weight excluding hydrogens is 433 g/mol. The van der Waals surface area contributed by atoms with Crippen molar-refractivity contribution in [3.63, 3.8) is 0 Å². The third kappa shape index (κ3) is 4.42. The fraction of sp³-hybridized carbons (Fsp3) is 0.480. The predicted octanol–water partition coefficient (Wildman–Crippen LogP) is 2.51. The van der Waals surface area contributed by atoms with Gasteiger partial charge in [0, 0.05) is 44.5 Å². The molecule has 0 bridgehead atoms. The number of anilines is 1. The van der Waals surface area contributed by atoms with Crippen molar-refractivity contribution in [2.75, 3.05) is 44.9 Å². The number of fused-ring (bicyclic) bond motifs is 1. The smallest absolute Gasteiger partial charge is 0.130 e. The maximum Gasteiger partial charge on any atom is 0.130 e. The highest BCUT2D eigenvalue weighted by atomic mass is 31.0. The molecule has 2 fully saturated rings. The molecule has 4 rings (SSSR count). The fourth-order valence-corrected chi connectivity index (χ4v) is 4.98. The van der Waals surface area contributed by atoms with Crippen molar-refractivity contribution in [1.82, 2.24) is 15.3 Å². The Morgan fingerprint density at radius 2 is 2.12 bits per heavy atom. The van der Waals surface area contributed by atoms with Crippen LogP contribution in [0.3, 0.4) is 0 Å². The SMILES string of the molecule is CC#C/C=C(\NC)c1ncc(P)c2c(C3(C#N)CCOCC3)cc(N3CCOCC3C)nc12. The lowest BCUT2D eigenvalue weighted by Crippen LogP contribution is -2.44. The van der Waals surface area contributed by atoms with Gasteiger partial charge in [-0.05, 0) is 43.6 Å². The van der Waals surface area contributed by atoms with E-state index in [0.29, 0.717) is 39.3 Å². The standard InChI is InChI=1S/C25H30N5O2P/c1-4-5-6-19(27-3)23-24-22(20(33)14-28-23)18(25(16-26)7-10-31-11-8-25)13-21(29-24)30-9-12-32-15-17(30)2/h6,13-14,17,27H,7-12,15,33H2,1-3H3/b19-6-. The van der Waals surface area contributed by atoms with Gasteiger partial charge in [-0.1, -0.05) is 5.92 Å². The molecule has 1 N–H and O–H groups in total. The molecule has 2 aliphatic heterocycles. The van der Waals surface area contributed by atoms with Gasteiger partial charge >= 0.3 is 0 Å². The van der Waals surface area contributed by atoms with E-state index in [4.69, 9.17) is 19.4 Å². The minimum atomic E-state index is -0.638. The number of morpholine rings is 1. The number of nitrogens with one attached hydrogen (secondary N) is 1. The number of ether oxygens (including phenoxy) is 2. The molecule has 0 saturated carbocycles. The summed E-state index contributed by atoms with van der Waals surface area (Å²) in [4.78, 5) is 12.1. The van der Waals surface area contributed by atoms with Gasteiger partial charge in [-0.2, -0.15) is 5.26 Å². The lowest BCUT2D eigenvalue weighted by molar-refractivity contribution is 0.0679. The first kappa shape index (κ1) is 23.5. The molecule has 2 aromatic heterocycles. The molecule has 2 unspecified atom stereocenters. The minimum Gasteiger partial charge on any atom is -0.386 e. The van der Waals surface area contributed by atoms with Gasteiger partial charge in [0.15, 0.2) is 0 Å². The van der Waals surface area contributed by atoms with Crippen LogP contribution in [0.15, 0.2) is 18.3 Å². The van der Waals surface area contributed by atoms with Gasteiger partial charge in [0.1, 0.15) is 17.0 Å². The van der Waals surface area contributed by atoms with Gasteiger partial charge in [-0.15, -0.1) is 15.2 Å². The van der Waals surface area contributed by atoms with Gasteiger partial charge in [0.05, 0.1) is 36.4 Å². The van der Waals surface area contributed by atoms with Gasteiger partial charge in [-0.25, -0.2) is 4.98 Å². The molecule has 0 radical (unpaired) electrons. The second-order valence-electron chi connectivity index (χ2n) is 8.44. The zero-order valence-corrected chi connectivity index (χ0v) is 20.6. The van der Waals surface area contributed by atoms with Crippen LogP contribution in [-0.4, -0.2) is 56.0 Å². The normalized spacial score (nSPS) is 20.6. The highest BCUT2D eigenvalue weighted by molar-refractivity contribution is 7.28. The summed E-state index contributed by atoms with van der Waals surface area (Å²) in [5.74, 6) is 6.78. The van der Waals surface area contributed by atoms with E-state index in [1.807, 2.05) is 19.3 Å². The van der Waals surface area contributed by atoms with E-state index in [1.165, 1.54) is 0 Å². The monoisotopic (exact) mass is 463 g/mol. The van der Waals surface area contributed by atoms with E-state index in [9.17, 15) is 5.26 Å². The van der Waals surface area contributed by atoms with Crippen LogP contribution in [-0.2, 0) is 14.9 Å². The van der Waals surface area contributed by atoms with Gasteiger partial charge in [0.25, 0.3) is 0 Å². The minimum absolute atomic E-state index is 0.185. The summed E-state index contributed by atoms with van der Waals surface area (Å²) in [6.07, 6.45) is 4.96. The number of hydrogen-bond acceptors (Lipinski definition) is 7. The summed E-state index contributed by atoms with van der Waals surface area (Å²) in [7, 11) is 4.64. The number of nitriles is 1. The molecule has 2 atom stereocenters. The molecule has 2 aromatic rings. The average Bonchev–Trinajstić information content (AvgIpc) is 2.85. The zero-order valence-electron chi connectivity index (χ0n) is 19.4.